The predicted octanol–water partition coefficient (Wildman–Crippen LogP) is 2.24. The van der Waals surface area contributed by atoms with Crippen LogP contribution < -0.4 is 10.5 Å². The largest absolute Gasteiger partial charge is 0.488 e. The molecule has 0 radical (unpaired) electrons. The van der Waals surface area contributed by atoms with Gasteiger partial charge in [0, 0.05) is 11.6 Å². The van der Waals surface area contributed by atoms with E-state index >= 15 is 0 Å². The summed E-state index contributed by atoms with van der Waals surface area (Å²) in [6, 6.07) is 4.94. The van der Waals surface area contributed by atoms with Crippen LogP contribution in [0.2, 0.25) is 5.02 Å². The third kappa shape index (κ3) is 4.09. The van der Waals surface area contributed by atoms with Gasteiger partial charge in [0.2, 0.25) is 0 Å². The Hall–Kier alpha value is -1.46. The highest BCUT2D eigenvalue weighted by molar-refractivity contribution is 6.31. The summed E-state index contributed by atoms with van der Waals surface area (Å²) in [5, 5.41) is 12.2. The maximum Gasteiger partial charge on any atom is 0.173 e. The lowest BCUT2D eigenvalue weighted by atomic mass is 10.2. The maximum absolute atomic E-state index is 8.72. The first-order valence-corrected chi connectivity index (χ1v) is 5.98. The highest BCUT2D eigenvalue weighted by atomic mass is 35.5. The molecule has 0 amide bonds. The molecule has 1 aromatic rings. The van der Waals surface area contributed by atoms with Crippen molar-refractivity contribution in [3.63, 3.8) is 0 Å². The smallest absolute Gasteiger partial charge is 0.173 e. The molecule has 0 saturated carbocycles. The number of ether oxygens (including phenoxy) is 2. The van der Waals surface area contributed by atoms with Crippen molar-refractivity contribution in [2.45, 2.75) is 20.0 Å². The molecule has 0 aliphatic rings. The van der Waals surface area contributed by atoms with Gasteiger partial charge in [0.1, 0.15) is 11.9 Å². The molecule has 1 aromatic carbocycles. The molecule has 0 aromatic heterocycles. The fourth-order valence-electron chi connectivity index (χ4n) is 1.39. The summed E-state index contributed by atoms with van der Waals surface area (Å²) in [5.74, 6) is 0.456. The number of halogens is 1. The van der Waals surface area contributed by atoms with E-state index in [0.29, 0.717) is 29.5 Å². The van der Waals surface area contributed by atoms with Gasteiger partial charge in [-0.3, -0.25) is 0 Å². The first-order chi connectivity index (χ1) is 8.58. The van der Waals surface area contributed by atoms with Crippen molar-refractivity contribution in [2.24, 2.45) is 10.9 Å². The zero-order valence-corrected chi connectivity index (χ0v) is 11.1. The van der Waals surface area contributed by atoms with Crippen LogP contribution in [0, 0.1) is 0 Å². The Morgan fingerprint density at radius 2 is 2.28 bits per heavy atom. The summed E-state index contributed by atoms with van der Waals surface area (Å²) in [6.07, 6.45) is -0.142. The number of nitrogens with zero attached hydrogens (tertiary/aromatic N) is 1. The molecule has 0 aliphatic carbocycles. The minimum absolute atomic E-state index is 0.0453. The van der Waals surface area contributed by atoms with E-state index in [0.717, 1.165) is 0 Å². The minimum atomic E-state index is -0.142. The second kappa shape index (κ2) is 7.08. The van der Waals surface area contributed by atoms with Gasteiger partial charge >= 0.3 is 0 Å². The van der Waals surface area contributed by atoms with Crippen LogP contribution in [-0.4, -0.2) is 30.4 Å². The van der Waals surface area contributed by atoms with Crippen molar-refractivity contribution in [1.82, 2.24) is 0 Å². The second-order valence-electron chi connectivity index (χ2n) is 3.71. The normalized spacial score (nSPS) is 13.4. The molecule has 6 heteroatoms. The van der Waals surface area contributed by atoms with Crippen LogP contribution in [0.4, 0.5) is 0 Å². The Bertz CT molecular complexity index is 424. The highest BCUT2D eigenvalue weighted by Gasteiger charge is 2.12. The van der Waals surface area contributed by atoms with Crippen LogP contribution in [0.5, 0.6) is 5.75 Å². The third-order valence-corrected chi connectivity index (χ3v) is 2.45. The van der Waals surface area contributed by atoms with Crippen LogP contribution in [0.3, 0.4) is 0 Å². The Morgan fingerprint density at radius 1 is 1.56 bits per heavy atom. The third-order valence-electron chi connectivity index (χ3n) is 2.21. The zero-order valence-electron chi connectivity index (χ0n) is 10.4. The van der Waals surface area contributed by atoms with Gasteiger partial charge in [-0.25, -0.2) is 0 Å². The van der Waals surface area contributed by atoms with Crippen LogP contribution in [0.25, 0.3) is 0 Å². The standard InChI is InChI=1S/C12H17ClN2O3/c1-3-17-7-8(2)18-11-5-4-9(13)6-10(11)12(14)15-16/h4-6,8,16H,3,7H2,1-2H3,(H2,14,15). The molecule has 1 atom stereocenters. The van der Waals surface area contributed by atoms with E-state index < -0.39 is 0 Å². The van der Waals surface area contributed by atoms with Gasteiger partial charge in [-0.15, -0.1) is 0 Å². The fraction of sp³-hybridized carbons (Fsp3) is 0.417. The van der Waals surface area contributed by atoms with Crippen molar-refractivity contribution < 1.29 is 14.7 Å². The van der Waals surface area contributed by atoms with E-state index in [1.165, 1.54) is 0 Å². The van der Waals surface area contributed by atoms with Crippen molar-refractivity contribution in [3.05, 3.63) is 28.8 Å². The average molecular weight is 273 g/mol. The Kier molecular flexibility index (Phi) is 5.74. The molecule has 0 saturated heterocycles. The topological polar surface area (TPSA) is 77.1 Å². The van der Waals surface area contributed by atoms with Crippen LogP contribution in [-0.2, 0) is 4.74 Å². The number of hydrogen-bond donors (Lipinski definition) is 2. The predicted molar refractivity (Wildman–Crippen MR) is 70.5 cm³/mol. The molecule has 0 spiro atoms. The monoisotopic (exact) mass is 272 g/mol. The molecule has 3 N–H and O–H groups in total. The molecule has 1 rings (SSSR count). The Labute approximate surface area is 111 Å². The van der Waals surface area contributed by atoms with Gasteiger partial charge in [-0.05, 0) is 32.0 Å². The second-order valence-corrected chi connectivity index (χ2v) is 4.15. The molecule has 18 heavy (non-hydrogen) atoms. The molecular formula is C12H17ClN2O3. The average Bonchev–Trinajstić information content (AvgIpc) is 2.37. The van der Waals surface area contributed by atoms with Gasteiger partial charge in [0.05, 0.1) is 12.2 Å². The fourth-order valence-corrected chi connectivity index (χ4v) is 1.57. The van der Waals surface area contributed by atoms with Crippen LogP contribution in [0.1, 0.15) is 19.4 Å². The lowest BCUT2D eigenvalue weighted by molar-refractivity contribution is 0.0656. The van der Waals surface area contributed by atoms with Crippen molar-refractivity contribution in [3.8, 4) is 5.75 Å². The van der Waals surface area contributed by atoms with E-state index in [2.05, 4.69) is 5.16 Å². The number of nitrogens with two attached hydrogens (primary N) is 1. The molecule has 0 fully saturated rings. The quantitative estimate of drug-likeness (QED) is 0.360. The summed E-state index contributed by atoms with van der Waals surface area (Å²) in [4.78, 5) is 0. The molecule has 5 nitrogen and oxygen atoms in total. The summed E-state index contributed by atoms with van der Waals surface area (Å²) in [6.45, 7) is 4.88. The maximum atomic E-state index is 8.72. The summed E-state index contributed by atoms with van der Waals surface area (Å²) < 4.78 is 10.9. The van der Waals surface area contributed by atoms with E-state index in [1.807, 2.05) is 13.8 Å². The Balaban J connectivity index is 2.87. The van der Waals surface area contributed by atoms with E-state index in [1.54, 1.807) is 18.2 Å². The van der Waals surface area contributed by atoms with Crippen LogP contribution in [0.15, 0.2) is 23.4 Å². The van der Waals surface area contributed by atoms with Gasteiger partial charge in [-0.2, -0.15) is 0 Å². The van der Waals surface area contributed by atoms with E-state index in [9.17, 15) is 0 Å². The van der Waals surface area contributed by atoms with Gasteiger partial charge in [0.25, 0.3) is 0 Å². The number of hydrogen-bond acceptors (Lipinski definition) is 4. The minimum Gasteiger partial charge on any atom is -0.488 e. The van der Waals surface area contributed by atoms with Crippen molar-refractivity contribution in [2.75, 3.05) is 13.2 Å². The van der Waals surface area contributed by atoms with Gasteiger partial charge < -0.3 is 20.4 Å². The lowest BCUT2D eigenvalue weighted by Crippen LogP contribution is -2.22. The molecule has 0 aliphatic heterocycles. The van der Waals surface area contributed by atoms with Crippen LogP contribution >= 0.6 is 11.6 Å². The lowest BCUT2D eigenvalue weighted by Gasteiger charge is -2.17. The van der Waals surface area contributed by atoms with E-state index in [-0.39, 0.29) is 11.9 Å². The molecule has 0 heterocycles. The Morgan fingerprint density at radius 3 is 2.89 bits per heavy atom. The number of oxime groups is 1. The number of rotatable bonds is 6. The number of benzene rings is 1. The molecular weight excluding hydrogens is 256 g/mol. The molecule has 0 bridgehead atoms. The SMILES string of the molecule is CCOCC(C)Oc1ccc(Cl)cc1/C(N)=N/O. The zero-order chi connectivity index (χ0) is 13.5. The summed E-state index contributed by atoms with van der Waals surface area (Å²) >= 11 is 5.87. The highest BCUT2D eigenvalue weighted by Crippen LogP contribution is 2.23. The van der Waals surface area contributed by atoms with E-state index in [4.69, 9.17) is 32.0 Å². The first-order valence-electron chi connectivity index (χ1n) is 5.60. The van der Waals surface area contributed by atoms with Crippen molar-refractivity contribution >= 4 is 17.4 Å². The van der Waals surface area contributed by atoms with Crippen molar-refractivity contribution in [1.29, 1.82) is 0 Å². The molecule has 1 unspecified atom stereocenters. The summed E-state index contributed by atoms with van der Waals surface area (Å²) in [5.41, 5.74) is 6.02. The molecule has 100 valence electrons. The number of amidine groups is 1. The van der Waals surface area contributed by atoms with Gasteiger partial charge in [-0.1, -0.05) is 16.8 Å². The first kappa shape index (κ1) is 14.6. The van der Waals surface area contributed by atoms with Gasteiger partial charge in [0.15, 0.2) is 5.84 Å². The summed E-state index contributed by atoms with van der Waals surface area (Å²) in [7, 11) is 0.